The quantitative estimate of drug-likeness (QED) is 0.842. The summed E-state index contributed by atoms with van der Waals surface area (Å²) < 4.78 is 0.886. The summed E-state index contributed by atoms with van der Waals surface area (Å²) >= 11 is 3.36. The largest absolute Gasteiger partial charge is 0.368 e. The van der Waals surface area contributed by atoms with Crippen LogP contribution in [0.15, 0.2) is 53.0 Å². The Morgan fingerprint density at radius 3 is 2.48 bits per heavy atom. The number of nitrogens with zero attached hydrogens (tertiary/aromatic N) is 1. The number of primary amides is 1. The van der Waals surface area contributed by atoms with Crippen LogP contribution in [-0.4, -0.2) is 17.9 Å². The number of nitrogens with one attached hydrogen (secondary N) is 1. The maximum Gasteiger partial charge on any atom is 0.251 e. The number of nitriles is 1. The van der Waals surface area contributed by atoms with Crippen LogP contribution in [0.25, 0.3) is 0 Å². The molecule has 2 amide bonds. The maximum absolute atomic E-state index is 12.2. The van der Waals surface area contributed by atoms with Crippen molar-refractivity contribution in [2.24, 2.45) is 5.73 Å². The van der Waals surface area contributed by atoms with E-state index in [2.05, 4.69) is 21.2 Å². The van der Waals surface area contributed by atoms with Crippen molar-refractivity contribution in [3.05, 3.63) is 69.7 Å². The van der Waals surface area contributed by atoms with E-state index >= 15 is 0 Å². The molecule has 2 aromatic carbocycles. The van der Waals surface area contributed by atoms with Gasteiger partial charge in [0.05, 0.1) is 11.6 Å². The molecule has 0 aliphatic heterocycles. The van der Waals surface area contributed by atoms with Crippen LogP contribution in [0.2, 0.25) is 0 Å². The average molecular weight is 372 g/mol. The number of halogens is 1. The van der Waals surface area contributed by atoms with Crippen LogP contribution in [0.1, 0.15) is 21.5 Å². The molecule has 1 atom stereocenters. The zero-order chi connectivity index (χ0) is 16.8. The molecule has 0 spiro atoms. The Balaban J connectivity index is 2.11. The molecule has 0 heterocycles. The molecule has 0 fully saturated rings. The number of rotatable bonds is 5. The molecule has 0 bridgehead atoms. The number of hydrogen-bond donors (Lipinski definition) is 2. The van der Waals surface area contributed by atoms with Crippen LogP contribution < -0.4 is 11.1 Å². The molecule has 3 N–H and O–H groups in total. The standard InChI is InChI=1S/C17H14BrN3O2/c18-14-3-1-2-12(8-14)9-15(16(20)22)21-17(23)13-6-4-11(10-19)5-7-13/h1-8,15H,9H2,(H2,20,22)(H,21,23)/t15-/m0/s1. The summed E-state index contributed by atoms with van der Waals surface area (Å²) in [5.74, 6) is -1.01. The molecule has 0 saturated carbocycles. The number of carbonyl (C=O) groups is 2. The lowest BCUT2D eigenvalue weighted by Crippen LogP contribution is -2.45. The maximum atomic E-state index is 12.2. The number of hydrogen-bond acceptors (Lipinski definition) is 3. The summed E-state index contributed by atoms with van der Waals surface area (Å²) in [6, 6.07) is 14.8. The Kier molecular flexibility index (Phi) is 5.50. The lowest BCUT2D eigenvalue weighted by Gasteiger charge is -2.16. The van der Waals surface area contributed by atoms with Gasteiger partial charge in [-0.05, 0) is 42.0 Å². The predicted octanol–water partition coefficient (Wildman–Crippen LogP) is 2.15. The monoisotopic (exact) mass is 371 g/mol. The van der Waals surface area contributed by atoms with Crippen LogP contribution in [0.3, 0.4) is 0 Å². The van der Waals surface area contributed by atoms with Crippen molar-refractivity contribution in [3.8, 4) is 6.07 Å². The normalized spacial score (nSPS) is 11.3. The summed E-state index contributed by atoms with van der Waals surface area (Å²) in [5.41, 5.74) is 7.09. The Morgan fingerprint density at radius 1 is 1.22 bits per heavy atom. The van der Waals surface area contributed by atoms with Gasteiger partial charge in [-0.3, -0.25) is 9.59 Å². The van der Waals surface area contributed by atoms with Gasteiger partial charge >= 0.3 is 0 Å². The highest BCUT2D eigenvalue weighted by molar-refractivity contribution is 9.10. The minimum Gasteiger partial charge on any atom is -0.368 e. The van der Waals surface area contributed by atoms with E-state index in [-0.39, 0.29) is 0 Å². The fourth-order valence-electron chi connectivity index (χ4n) is 2.06. The van der Waals surface area contributed by atoms with Crippen LogP contribution in [-0.2, 0) is 11.2 Å². The smallest absolute Gasteiger partial charge is 0.251 e. The third-order valence-corrected chi connectivity index (χ3v) is 3.75. The molecule has 0 aromatic heterocycles. The van der Waals surface area contributed by atoms with Gasteiger partial charge in [-0.25, -0.2) is 0 Å². The second-order valence-corrected chi connectivity index (χ2v) is 5.87. The summed E-state index contributed by atoms with van der Waals surface area (Å²) in [4.78, 5) is 23.8. The topological polar surface area (TPSA) is 96.0 Å². The van der Waals surface area contributed by atoms with E-state index in [4.69, 9.17) is 11.0 Å². The lowest BCUT2D eigenvalue weighted by atomic mass is 10.0. The number of nitrogens with two attached hydrogens (primary N) is 1. The minimum atomic E-state index is -0.813. The van der Waals surface area contributed by atoms with Crippen LogP contribution >= 0.6 is 15.9 Å². The van der Waals surface area contributed by atoms with Crippen molar-refractivity contribution >= 4 is 27.7 Å². The van der Waals surface area contributed by atoms with Gasteiger partial charge in [0, 0.05) is 16.5 Å². The molecule has 5 nitrogen and oxygen atoms in total. The average Bonchev–Trinajstić information content (AvgIpc) is 2.54. The van der Waals surface area contributed by atoms with Crippen molar-refractivity contribution in [2.45, 2.75) is 12.5 Å². The summed E-state index contributed by atoms with van der Waals surface area (Å²) in [6.07, 6.45) is 0.302. The number of benzene rings is 2. The van der Waals surface area contributed by atoms with Gasteiger partial charge < -0.3 is 11.1 Å². The second kappa shape index (κ2) is 7.56. The number of amides is 2. The first kappa shape index (κ1) is 16.7. The molecule has 23 heavy (non-hydrogen) atoms. The fourth-order valence-corrected chi connectivity index (χ4v) is 2.51. The van der Waals surface area contributed by atoms with Crippen molar-refractivity contribution in [3.63, 3.8) is 0 Å². The lowest BCUT2D eigenvalue weighted by molar-refractivity contribution is -0.119. The van der Waals surface area contributed by atoms with Gasteiger partial charge in [-0.2, -0.15) is 5.26 Å². The Morgan fingerprint density at radius 2 is 1.91 bits per heavy atom. The molecule has 2 aromatic rings. The molecule has 0 aliphatic rings. The summed E-state index contributed by atoms with van der Waals surface area (Å²) in [6.45, 7) is 0. The van der Waals surface area contributed by atoms with Crippen molar-refractivity contribution < 1.29 is 9.59 Å². The zero-order valence-corrected chi connectivity index (χ0v) is 13.7. The van der Waals surface area contributed by atoms with E-state index in [1.54, 1.807) is 12.1 Å². The first-order valence-electron chi connectivity index (χ1n) is 6.84. The summed E-state index contributed by atoms with van der Waals surface area (Å²) in [7, 11) is 0. The fraction of sp³-hybridized carbons (Fsp3) is 0.118. The highest BCUT2D eigenvalue weighted by Crippen LogP contribution is 2.13. The molecule has 116 valence electrons. The van der Waals surface area contributed by atoms with Gasteiger partial charge in [0.2, 0.25) is 5.91 Å². The predicted molar refractivity (Wildman–Crippen MR) is 89.5 cm³/mol. The van der Waals surface area contributed by atoms with Crippen molar-refractivity contribution in [2.75, 3.05) is 0 Å². The SMILES string of the molecule is N#Cc1ccc(C(=O)N[C@@H](Cc2cccc(Br)c2)C(N)=O)cc1. The van der Waals surface area contributed by atoms with E-state index in [1.165, 1.54) is 12.1 Å². The third-order valence-electron chi connectivity index (χ3n) is 3.25. The molecular formula is C17H14BrN3O2. The molecule has 2 rings (SSSR count). The van der Waals surface area contributed by atoms with Crippen LogP contribution in [0.5, 0.6) is 0 Å². The first-order valence-corrected chi connectivity index (χ1v) is 7.63. The Bertz CT molecular complexity index is 766. The van der Waals surface area contributed by atoms with Crippen molar-refractivity contribution in [1.82, 2.24) is 5.32 Å². The third kappa shape index (κ3) is 4.66. The number of carbonyl (C=O) groups excluding carboxylic acids is 2. The van der Waals surface area contributed by atoms with Crippen molar-refractivity contribution in [1.29, 1.82) is 5.26 Å². The molecule has 0 unspecified atom stereocenters. The van der Waals surface area contributed by atoms with Crippen LogP contribution in [0.4, 0.5) is 0 Å². The molecular weight excluding hydrogens is 358 g/mol. The highest BCUT2D eigenvalue weighted by Gasteiger charge is 2.19. The van der Waals surface area contributed by atoms with E-state index in [0.717, 1.165) is 10.0 Å². The molecule has 0 saturated heterocycles. The van der Waals surface area contributed by atoms with Crippen LogP contribution in [0, 0.1) is 11.3 Å². The highest BCUT2D eigenvalue weighted by atomic mass is 79.9. The second-order valence-electron chi connectivity index (χ2n) is 4.95. The van der Waals surface area contributed by atoms with Gasteiger partial charge in [0.25, 0.3) is 5.91 Å². The van der Waals surface area contributed by atoms with Gasteiger partial charge in [-0.15, -0.1) is 0 Å². The Labute approximate surface area is 142 Å². The van der Waals surface area contributed by atoms with Gasteiger partial charge in [0.1, 0.15) is 6.04 Å². The molecule has 0 radical (unpaired) electrons. The molecule has 6 heteroatoms. The summed E-state index contributed by atoms with van der Waals surface area (Å²) in [5, 5.41) is 11.4. The van der Waals surface area contributed by atoms with E-state index in [1.807, 2.05) is 30.3 Å². The van der Waals surface area contributed by atoms with E-state index < -0.39 is 17.9 Å². The zero-order valence-electron chi connectivity index (χ0n) is 12.1. The van der Waals surface area contributed by atoms with Gasteiger partial charge in [-0.1, -0.05) is 28.1 Å². The molecule has 0 aliphatic carbocycles. The van der Waals surface area contributed by atoms with E-state index in [0.29, 0.717) is 17.5 Å². The van der Waals surface area contributed by atoms with E-state index in [9.17, 15) is 9.59 Å². The Hall–Kier alpha value is -2.65. The first-order chi connectivity index (χ1) is 11.0. The minimum absolute atomic E-state index is 0.302. The van der Waals surface area contributed by atoms with Gasteiger partial charge in [0.15, 0.2) is 0 Å².